The first kappa shape index (κ1) is 13.5. The van der Waals surface area contributed by atoms with Crippen molar-refractivity contribution in [2.45, 2.75) is 6.54 Å². The average molecular weight is 278 g/mol. The lowest BCUT2D eigenvalue weighted by molar-refractivity contribution is -0.128. The summed E-state index contributed by atoms with van der Waals surface area (Å²) in [6.07, 6.45) is 0. The van der Waals surface area contributed by atoms with Crippen molar-refractivity contribution in [3.8, 4) is 0 Å². The van der Waals surface area contributed by atoms with Crippen LogP contribution >= 0.6 is 11.3 Å². The maximum atomic E-state index is 12.7. The van der Waals surface area contributed by atoms with Crippen molar-refractivity contribution in [3.63, 3.8) is 0 Å². The highest BCUT2D eigenvalue weighted by Gasteiger charge is 2.09. The molecule has 0 atom stereocenters. The fraction of sp³-hybridized carbons (Fsp3) is 0.214. The molecule has 0 spiro atoms. The molecule has 1 aromatic heterocycles. The first-order chi connectivity index (χ1) is 9.15. The van der Waals surface area contributed by atoms with Crippen LogP contribution in [0, 0.1) is 5.82 Å². The summed E-state index contributed by atoms with van der Waals surface area (Å²) in [5, 5.41) is 4.97. The van der Waals surface area contributed by atoms with Gasteiger partial charge in [-0.05, 0) is 35.7 Å². The lowest BCUT2D eigenvalue weighted by Crippen LogP contribution is -2.31. The summed E-state index contributed by atoms with van der Waals surface area (Å²) in [4.78, 5) is 14.7. The smallest absolute Gasteiger partial charge is 0.241 e. The molecule has 5 heteroatoms. The second-order valence-electron chi connectivity index (χ2n) is 4.19. The molecule has 3 nitrogen and oxygen atoms in total. The van der Waals surface area contributed by atoms with Gasteiger partial charge in [-0.25, -0.2) is 4.39 Å². The summed E-state index contributed by atoms with van der Waals surface area (Å²) >= 11 is 1.63. The number of hydrogen-bond donors (Lipinski definition) is 1. The van der Waals surface area contributed by atoms with Crippen LogP contribution in [0.5, 0.6) is 0 Å². The highest BCUT2D eigenvalue weighted by Crippen LogP contribution is 2.11. The zero-order valence-corrected chi connectivity index (χ0v) is 11.4. The fourth-order valence-electron chi connectivity index (χ4n) is 1.60. The van der Waals surface area contributed by atoms with Gasteiger partial charge in [-0.2, -0.15) is 0 Å². The molecule has 1 heterocycles. The van der Waals surface area contributed by atoms with E-state index in [1.165, 1.54) is 12.1 Å². The third-order valence-corrected chi connectivity index (χ3v) is 3.55. The number of likely N-dealkylation sites (N-methyl/N-ethyl adjacent to an activating group) is 1. The minimum atomic E-state index is -0.285. The maximum Gasteiger partial charge on any atom is 0.241 e. The summed E-state index contributed by atoms with van der Waals surface area (Å²) in [5.41, 5.74) is 0.735. The Morgan fingerprint density at radius 2 is 2.05 bits per heavy atom. The minimum absolute atomic E-state index is 0.00211. The van der Waals surface area contributed by atoms with Crippen LogP contribution in [0.2, 0.25) is 0 Å². The molecule has 0 bridgehead atoms. The number of nitrogens with zero attached hydrogens (tertiary/aromatic N) is 1. The molecule has 0 unspecified atom stereocenters. The molecule has 0 aliphatic heterocycles. The molecule has 0 saturated heterocycles. The molecular weight excluding hydrogens is 263 g/mol. The largest absolute Gasteiger partial charge is 0.376 e. The molecule has 2 rings (SSSR count). The number of carbonyl (C=O) groups excluding carboxylic acids is 1. The Kier molecular flexibility index (Phi) is 4.52. The van der Waals surface area contributed by atoms with Crippen LogP contribution in [0.4, 0.5) is 10.1 Å². The molecule has 0 saturated carbocycles. The van der Waals surface area contributed by atoms with Crippen molar-refractivity contribution in [2.75, 3.05) is 18.9 Å². The van der Waals surface area contributed by atoms with Gasteiger partial charge in [0.05, 0.1) is 13.1 Å². The van der Waals surface area contributed by atoms with Crippen LogP contribution < -0.4 is 5.32 Å². The average Bonchev–Trinajstić information content (AvgIpc) is 2.90. The van der Waals surface area contributed by atoms with E-state index >= 15 is 0 Å². The Labute approximate surface area is 115 Å². The molecule has 0 fully saturated rings. The number of rotatable bonds is 5. The highest BCUT2D eigenvalue weighted by molar-refractivity contribution is 7.09. The number of amides is 1. The lowest BCUT2D eigenvalue weighted by atomic mass is 10.3. The summed E-state index contributed by atoms with van der Waals surface area (Å²) in [7, 11) is 1.77. The number of carbonyl (C=O) groups is 1. The van der Waals surface area contributed by atoms with Crippen molar-refractivity contribution in [1.82, 2.24) is 4.90 Å². The maximum absolute atomic E-state index is 12.7. The van der Waals surface area contributed by atoms with Gasteiger partial charge in [0.1, 0.15) is 5.82 Å². The Morgan fingerprint density at radius 1 is 1.32 bits per heavy atom. The molecule has 1 amide bonds. The molecule has 19 heavy (non-hydrogen) atoms. The second-order valence-corrected chi connectivity index (χ2v) is 5.22. The van der Waals surface area contributed by atoms with Gasteiger partial charge in [-0.15, -0.1) is 11.3 Å². The molecule has 0 aliphatic carbocycles. The van der Waals surface area contributed by atoms with Crippen molar-refractivity contribution in [1.29, 1.82) is 0 Å². The van der Waals surface area contributed by atoms with Gasteiger partial charge in [0.25, 0.3) is 0 Å². The number of anilines is 1. The van der Waals surface area contributed by atoms with E-state index in [0.717, 1.165) is 10.6 Å². The van der Waals surface area contributed by atoms with Gasteiger partial charge in [0.2, 0.25) is 5.91 Å². The molecule has 1 N–H and O–H groups in total. The van der Waals surface area contributed by atoms with E-state index in [-0.39, 0.29) is 18.3 Å². The van der Waals surface area contributed by atoms with Crippen molar-refractivity contribution < 1.29 is 9.18 Å². The number of nitrogens with one attached hydrogen (secondary N) is 1. The summed E-state index contributed by atoms with van der Waals surface area (Å²) in [5.74, 6) is -0.288. The van der Waals surface area contributed by atoms with Crippen LogP contribution in [0.1, 0.15) is 4.88 Å². The van der Waals surface area contributed by atoms with Crippen LogP contribution in [0.25, 0.3) is 0 Å². The third kappa shape index (κ3) is 4.06. The quantitative estimate of drug-likeness (QED) is 0.912. The Bertz CT molecular complexity index is 525. The van der Waals surface area contributed by atoms with Crippen LogP contribution in [0.15, 0.2) is 41.8 Å². The molecule has 2 aromatic rings. The zero-order valence-electron chi connectivity index (χ0n) is 10.6. The lowest BCUT2D eigenvalue weighted by Gasteiger charge is -2.17. The Balaban J connectivity index is 1.82. The molecule has 1 aromatic carbocycles. The summed E-state index contributed by atoms with van der Waals surface area (Å²) < 4.78 is 12.7. The highest BCUT2D eigenvalue weighted by atomic mass is 32.1. The van der Waals surface area contributed by atoms with Gasteiger partial charge in [0.15, 0.2) is 0 Å². The van der Waals surface area contributed by atoms with Gasteiger partial charge >= 0.3 is 0 Å². The summed E-state index contributed by atoms with van der Waals surface area (Å²) in [6.45, 7) is 0.815. The normalized spacial score (nSPS) is 10.2. The summed E-state index contributed by atoms with van der Waals surface area (Å²) in [6, 6.07) is 9.92. The topological polar surface area (TPSA) is 32.3 Å². The van der Waals surface area contributed by atoms with Crippen molar-refractivity contribution in [2.24, 2.45) is 0 Å². The zero-order chi connectivity index (χ0) is 13.7. The van der Waals surface area contributed by atoms with Crippen molar-refractivity contribution in [3.05, 3.63) is 52.5 Å². The Hall–Kier alpha value is -1.88. The van der Waals surface area contributed by atoms with Crippen LogP contribution in [-0.4, -0.2) is 24.4 Å². The number of benzene rings is 1. The van der Waals surface area contributed by atoms with Crippen LogP contribution in [0.3, 0.4) is 0 Å². The molecule has 100 valence electrons. The standard InChI is InChI=1S/C14H15FN2OS/c1-17(10-13-3-2-8-19-13)14(18)9-16-12-6-4-11(15)5-7-12/h2-8,16H,9-10H2,1H3. The minimum Gasteiger partial charge on any atom is -0.376 e. The van der Waals surface area contributed by atoms with Gasteiger partial charge in [0, 0.05) is 17.6 Å². The molecule has 0 radical (unpaired) electrons. The van der Waals surface area contributed by atoms with Crippen molar-refractivity contribution >= 4 is 22.9 Å². The van der Waals surface area contributed by atoms with Gasteiger partial charge < -0.3 is 10.2 Å². The van der Waals surface area contributed by atoms with Crippen LogP contribution in [-0.2, 0) is 11.3 Å². The molecular formula is C14H15FN2OS. The number of thiophene rings is 1. The first-order valence-corrected chi connectivity index (χ1v) is 6.79. The van der Waals surface area contributed by atoms with E-state index in [0.29, 0.717) is 6.54 Å². The van der Waals surface area contributed by atoms with E-state index in [1.807, 2.05) is 17.5 Å². The van der Waals surface area contributed by atoms with Gasteiger partial charge in [-0.1, -0.05) is 6.07 Å². The Morgan fingerprint density at radius 3 is 2.68 bits per heavy atom. The SMILES string of the molecule is CN(Cc1cccs1)C(=O)CNc1ccc(F)cc1. The predicted molar refractivity (Wildman–Crippen MR) is 75.7 cm³/mol. The van der Waals surface area contributed by atoms with E-state index in [9.17, 15) is 9.18 Å². The van der Waals surface area contributed by atoms with E-state index in [4.69, 9.17) is 0 Å². The van der Waals surface area contributed by atoms with E-state index in [2.05, 4.69) is 5.32 Å². The number of halogens is 1. The van der Waals surface area contributed by atoms with E-state index in [1.54, 1.807) is 35.4 Å². The fourth-order valence-corrected chi connectivity index (χ4v) is 2.36. The predicted octanol–water partition coefficient (Wildman–Crippen LogP) is 2.96. The number of hydrogen-bond acceptors (Lipinski definition) is 3. The second kappa shape index (κ2) is 6.33. The molecule has 0 aliphatic rings. The monoisotopic (exact) mass is 278 g/mol. The van der Waals surface area contributed by atoms with Gasteiger partial charge in [-0.3, -0.25) is 4.79 Å². The third-order valence-electron chi connectivity index (χ3n) is 2.69. The van der Waals surface area contributed by atoms with E-state index < -0.39 is 0 Å². The first-order valence-electron chi connectivity index (χ1n) is 5.91.